The molecule has 0 aliphatic rings. The van der Waals surface area contributed by atoms with Gasteiger partial charge in [0.25, 0.3) is 0 Å². The SMILES string of the molecule is CCC(CC)COCCOCCOCCOCCO. The second-order valence-corrected chi connectivity index (χ2v) is 4.32. The summed E-state index contributed by atoms with van der Waals surface area (Å²) >= 11 is 0. The highest BCUT2D eigenvalue weighted by molar-refractivity contribution is 4.51. The van der Waals surface area contributed by atoms with E-state index in [1.54, 1.807) is 0 Å². The molecule has 0 rings (SSSR count). The lowest BCUT2D eigenvalue weighted by Gasteiger charge is -2.12. The minimum atomic E-state index is 0.0556. The third-order valence-electron chi connectivity index (χ3n) is 2.86. The highest BCUT2D eigenvalue weighted by atomic mass is 16.6. The Bertz CT molecular complexity index is 162. The van der Waals surface area contributed by atoms with Crippen molar-refractivity contribution in [1.29, 1.82) is 0 Å². The fourth-order valence-corrected chi connectivity index (χ4v) is 1.50. The molecule has 0 aromatic rings. The van der Waals surface area contributed by atoms with Crippen LogP contribution in [-0.4, -0.2) is 64.6 Å². The molecule has 19 heavy (non-hydrogen) atoms. The molecule has 0 aromatic carbocycles. The number of ether oxygens (including phenoxy) is 4. The van der Waals surface area contributed by atoms with Crippen LogP contribution < -0.4 is 0 Å². The lowest BCUT2D eigenvalue weighted by atomic mass is 10.1. The zero-order chi connectivity index (χ0) is 14.2. The van der Waals surface area contributed by atoms with Crippen molar-refractivity contribution >= 4 is 0 Å². The number of aliphatic hydroxyl groups excluding tert-OH is 1. The molecule has 116 valence electrons. The van der Waals surface area contributed by atoms with Crippen molar-refractivity contribution in [3.05, 3.63) is 0 Å². The summed E-state index contributed by atoms with van der Waals surface area (Å²) in [5.41, 5.74) is 0. The molecule has 0 aliphatic carbocycles. The first-order valence-corrected chi connectivity index (χ1v) is 7.26. The molecule has 0 unspecified atom stereocenters. The van der Waals surface area contributed by atoms with Crippen LogP contribution in [0.15, 0.2) is 0 Å². The van der Waals surface area contributed by atoms with Gasteiger partial charge in [-0.1, -0.05) is 26.7 Å². The molecule has 0 fully saturated rings. The van der Waals surface area contributed by atoms with E-state index in [1.165, 1.54) is 12.8 Å². The summed E-state index contributed by atoms with van der Waals surface area (Å²) < 4.78 is 21.3. The van der Waals surface area contributed by atoms with Crippen LogP contribution in [-0.2, 0) is 18.9 Å². The summed E-state index contributed by atoms with van der Waals surface area (Å²) in [7, 11) is 0. The molecule has 5 nitrogen and oxygen atoms in total. The van der Waals surface area contributed by atoms with Gasteiger partial charge < -0.3 is 24.1 Å². The van der Waals surface area contributed by atoms with Gasteiger partial charge in [0.15, 0.2) is 0 Å². The molecule has 0 heterocycles. The molecular formula is C14H30O5. The van der Waals surface area contributed by atoms with Gasteiger partial charge in [-0.25, -0.2) is 0 Å². The largest absolute Gasteiger partial charge is 0.394 e. The maximum Gasteiger partial charge on any atom is 0.0701 e. The first-order valence-electron chi connectivity index (χ1n) is 7.26. The lowest BCUT2D eigenvalue weighted by molar-refractivity contribution is -0.00922. The van der Waals surface area contributed by atoms with Gasteiger partial charge >= 0.3 is 0 Å². The monoisotopic (exact) mass is 278 g/mol. The van der Waals surface area contributed by atoms with Crippen molar-refractivity contribution in [1.82, 2.24) is 0 Å². The molecule has 0 saturated heterocycles. The number of hydrogen-bond donors (Lipinski definition) is 1. The van der Waals surface area contributed by atoms with Gasteiger partial charge in [-0.15, -0.1) is 0 Å². The van der Waals surface area contributed by atoms with Gasteiger partial charge in [0, 0.05) is 6.61 Å². The van der Waals surface area contributed by atoms with E-state index in [2.05, 4.69) is 13.8 Å². The van der Waals surface area contributed by atoms with Crippen LogP contribution in [0.2, 0.25) is 0 Å². The van der Waals surface area contributed by atoms with Crippen molar-refractivity contribution in [2.75, 3.05) is 59.5 Å². The third-order valence-corrected chi connectivity index (χ3v) is 2.86. The molecule has 0 aromatic heterocycles. The van der Waals surface area contributed by atoms with Crippen molar-refractivity contribution in [3.8, 4) is 0 Å². The van der Waals surface area contributed by atoms with Crippen LogP contribution in [0, 0.1) is 5.92 Å². The van der Waals surface area contributed by atoms with Gasteiger partial charge in [0.2, 0.25) is 0 Å². The fourth-order valence-electron chi connectivity index (χ4n) is 1.50. The zero-order valence-electron chi connectivity index (χ0n) is 12.4. The number of hydrogen-bond acceptors (Lipinski definition) is 5. The van der Waals surface area contributed by atoms with Crippen molar-refractivity contribution in [2.24, 2.45) is 5.92 Å². The second-order valence-electron chi connectivity index (χ2n) is 4.32. The van der Waals surface area contributed by atoms with E-state index in [4.69, 9.17) is 24.1 Å². The first-order chi connectivity index (χ1) is 9.35. The van der Waals surface area contributed by atoms with Gasteiger partial charge in [0.1, 0.15) is 0 Å². The van der Waals surface area contributed by atoms with Gasteiger partial charge in [-0.05, 0) is 5.92 Å². The summed E-state index contributed by atoms with van der Waals surface area (Å²) in [6, 6.07) is 0. The second kappa shape index (κ2) is 15.9. The quantitative estimate of drug-likeness (QED) is 0.460. The Morgan fingerprint density at radius 3 is 1.53 bits per heavy atom. The minimum Gasteiger partial charge on any atom is -0.394 e. The average Bonchev–Trinajstić information content (AvgIpc) is 2.44. The van der Waals surface area contributed by atoms with Crippen LogP contribution >= 0.6 is 0 Å². The highest BCUT2D eigenvalue weighted by Gasteiger charge is 2.02. The molecule has 0 atom stereocenters. The van der Waals surface area contributed by atoms with E-state index >= 15 is 0 Å². The van der Waals surface area contributed by atoms with E-state index in [0.717, 1.165) is 6.61 Å². The Kier molecular flexibility index (Phi) is 15.7. The molecule has 0 spiro atoms. The Morgan fingerprint density at radius 1 is 0.684 bits per heavy atom. The smallest absolute Gasteiger partial charge is 0.0701 e. The number of rotatable bonds is 15. The van der Waals surface area contributed by atoms with Crippen molar-refractivity contribution in [2.45, 2.75) is 26.7 Å². The van der Waals surface area contributed by atoms with Gasteiger partial charge in [-0.3, -0.25) is 0 Å². The summed E-state index contributed by atoms with van der Waals surface area (Å²) in [6.07, 6.45) is 2.34. The molecule has 0 aliphatic heterocycles. The standard InChI is InChI=1S/C14H30O5/c1-3-14(4-2)13-19-12-11-18-10-9-17-8-7-16-6-5-15/h14-15H,3-13H2,1-2H3. The lowest BCUT2D eigenvalue weighted by Crippen LogP contribution is -2.14. The number of aliphatic hydroxyl groups is 1. The Labute approximate surface area is 117 Å². The normalized spacial score (nSPS) is 11.4. The topological polar surface area (TPSA) is 57.2 Å². The summed E-state index contributed by atoms with van der Waals surface area (Å²) in [5, 5.41) is 8.48. The average molecular weight is 278 g/mol. The van der Waals surface area contributed by atoms with Crippen LogP contribution in [0.4, 0.5) is 0 Å². The first kappa shape index (κ1) is 18.8. The molecule has 0 bridgehead atoms. The summed E-state index contributed by atoms with van der Waals surface area (Å²) in [4.78, 5) is 0. The molecule has 5 heteroatoms. The van der Waals surface area contributed by atoms with Crippen LogP contribution in [0.3, 0.4) is 0 Å². The van der Waals surface area contributed by atoms with E-state index < -0.39 is 0 Å². The van der Waals surface area contributed by atoms with Crippen LogP contribution in [0.1, 0.15) is 26.7 Å². The van der Waals surface area contributed by atoms with Gasteiger partial charge in [0.05, 0.1) is 52.9 Å². The molecule has 0 saturated carbocycles. The molecule has 1 N–H and O–H groups in total. The summed E-state index contributed by atoms with van der Waals surface area (Å²) in [5.74, 6) is 0.669. The molecule has 0 amide bonds. The predicted octanol–water partition coefficient (Wildman–Crippen LogP) is 1.48. The predicted molar refractivity (Wildman–Crippen MR) is 74.4 cm³/mol. The Hall–Kier alpha value is -0.200. The Balaban J connectivity index is 3.02. The van der Waals surface area contributed by atoms with E-state index in [-0.39, 0.29) is 6.61 Å². The third kappa shape index (κ3) is 14.0. The zero-order valence-corrected chi connectivity index (χ0v) is 12.4. The summed E-state index contributed by atoms with van der Waals surface area (Å²) in [6.45, 7) is 9.09. The minimum absolute atomic E-state index is 0.0556. The van der Waals surface area contributed by atoms with Crippen molar-refractivity contribution < 1.29 is 24.1 Å². The fraction of sp³-hybridized carbons (Fsp3) is 1.00. The van der Waals surface area contributed by atoms with E-state index in [1.807, 2.05) is 0 Å². The van der Waals surface area contributed by atoms with E-state index in [0.29, 0.717) is 52.2 Å². The maximum absolute atomic E-state index is 8.48. The van der Waals surface area contributed by atoms with Gasteiger partial charge in [-0.2, -0.15) is 0 Å². The van der Waals surface area contributed by atoms with Crippen LogP contribution in [0.5, 0.6) is 0 Å². The van der Waals surface area contributed by atoms with E-state index in [9.17, 15) is 0 Å². The Morgan fingerprint density at radius 2 is 1.11 bits per heavy atom. The molecular weight excluding hydrogens is 248 g/mol. The molecule has 0 radical (unpaired) electrons. The highest BCUT2D eigenvalue weighted by Crippen LogP contribution is 2.06. The van der Waals surface area contributed by atoms with Crippen molar-refractivity contribution in [3.63, 3.8) is 0 Å². The van der Waals surface area contributed by atoms with Crippen LogP contribution in [0.25, 0.3) is 0 Å². The maximum atomic E-state index is 8.48.